The van der Waals surface area contributed by atoms with Gasteiger partial charge in [-0.15, -0.1) is 0 Å². The molecule has 2 aromatic heterocycles. The summed E-state index contributed by atoms with van der Waals surface area (Å²) in [7, 11) is 3.71. The van der Waals surface area contributed by atoms with Gasteiger partial charge in [-0.25, -0.2) is 9.78 Å². The Morgan fingerprint density at radius 2 is 1.79 bits per heavy atom. The van der Waals surface area contributed by atoms with E-state index in [0.29, 0.717) is 22.8 Å². The Labute approximate surface area is 242 Å². The lowest BCUT2D eigenvalue weighted by molar-refractivity contribution is 0.0636. The van der Waals surface area contributed by atoms with Crippen LogP contribution in [0.5, 0.6) is 5.75 Å². The number of carbonyl (C=O) groups is 1. The number of hydrogen-bond donors (Lipinski definition) is 3. The van der Waals surface area contributed by atoms with Crippen molar-refractivity contribution in [1.82, 2.24) is 24.4 Å². The first kappa shape index (κ1) is 28.6. The Balaban J connectivity index is 1.48. The zero-order valence-electron chi connectivity index (χ0n) is 24.2. The van der Waals surface area contributed by atoms with Crippen molar-refractivity contribution in [3.05, 3.63) is 69.4 Å². The average Bonchev–Trinajstić information content (AvgIpc) is 2.94. The van der Waals surface area contributed by atoms with Crippen molar-refractivity contribution < 1.29 is 14.3 Å². The number of hydrogen-bond acceptors (Lipinski definition) is 10. The number of fused-ring (bicyclic) bond motifs is 1. The minimum atomic E-state index is -0.837. The molecule has 5 rings (SSSR count). The molecule has 4 aromatic rings. The summed E-state index contributed by atoms with van der Waals surface area (Å²) in [6.07, 6.45) is 0.778. The highest BCUT2D eigenvalue weighted by atomic mass is 16.6. The predicted octanol–water partition coefficient (Wildman–Crippen LogP) is 3.32. The van der Waals surface area contributed by atoms with E-state index in [4.69, 9.17) is 9.47 Å². The van der Waals surface area contributed by atoms with E-state index in [1.54, 1.807) is 52.1 Å². The quantitative estimate of drug-likeness (QED) is 0.293. The second-order valence-corrected chi connectivity index (χ2v) is 11.0. The molecule has 1 aliphatic rings. The van der Waals surface area contributed by atoms with Crippen LogP contribution in [0, 0.1) is 0 Å². The number of nitrogens with one attached hydrogen (secondary N) is 3. The molecule has 0 saturated carbocycles. The average molecular weight is 575 g/mol. The largest absolute Gasteiger partial charge is 0.494 e. The molecule has 1 amide bonds. The lowest BCUT2D eigenvalue weighted by Gasteiger charge is -2.34. The van der Waals surface area contributed by atoms with Gasteiger partial charge in [0.2, 0.25) is 5.95 Å². The van der Waals surface area contributed by atoms with Crippen molar-refractivity contribution in [2.75, 3.05) is 55.9 Å². The first-order chi connectivity index (χ1) is 20.0. The van der Waals surface area contributed by atoms with Crippen LogP contribution in [0.15, 0.2) is 58.3 Å². The molecule has 13 nitrogen and oxygen atoms in total. The number of aromatic amines is 1. The van der Waals surface area contributed by atoms with Crippen LogP contribution in [0.1, 0.15) is 20.8 Å². The van der Waals surface area contributed by atoms with E-state index in [9.17, 15) is 14.4 Å². The van der Waals surface area contributed by atoms with Gasteiger partial charge in [-0.05, 0) is 58.2 Å². The Morgan fingerprint density at radius 1 is 1.02 bits per heavy atom. The highest BCUT2D eigenvalue weighted by Gasteiger charge is 2.19. The SMILES string of the molecule is COc1cc(N2CCN(C)CC2)ccc1Nc1ncc2[nH]c(=O)c(=O)n(-c3cccc(NC(=O)OC(C)(C)C)c3)c2n1. The molecule has 0 spiro atoms. The van der Waals surface area contributed by atoms with Gasteiger partial charge >= 0.3 is 17.2 Å². The van der Waals surface area contributed by atoms with Gasteiger partial charge in [0, 0.05) is 43.6 Å². The number of rotatable bonds is 6. The zero-order chi connectivity index (χ0) is 30.0. The Bertz CT molecular complexity index is 1740. The number of likely N-dealkylation sites (N-methyl/N-ethyl adjacent to an activating group) is 1. The van der Waals surface area contributed by atoms with E-state index in [1.165, 1.54) is 10.8 Å². The molecule has 2 aromatic carbocycles. The number of ether oxygens (including phenoxy) is 2. The molecule has 13 heteroatoms. The topological polar surface area (TPSA) is 147 Å². The summed E-state index contributed by atoms with van der Waals surface area (Å²) >= 11 is 0. The van der Waals surface area contributed by atoms with Crippen molar-refractivity contribution in [3.8, 4) is 11.4 Å². The highest BCUT2D eigenvalue weighted by Crippen LogP contribution is 2.32. The Kier molecular flexibility index (Phi) is 7.85. The molecule has 220 valence electrons. The number of methoxy groups -OCH3 is 1. The van der Waals surface area contributed by atoms with Gasteiger partial charge in [0.15, 0.2) is 5.65 Å². The molecule has 0 bridgehead atoms. The Morgan fingerprint density at radius 3 is 2.50 bits per heavy atom. The zero-order valence-corrected chi connectivity index (χ0v) is 24.2. The number of H-pyrrole nitrogens is 1. The molecule has 0 unspecified atom stereocenters. The summed E-state index contributed by atoms with van der Waals surface area (Å²) < 4.78 is 12.2. The number of aromatic nitrogens is 4. The van der Waals surface area contributed by atoms with E-state index in [1.807, 2.05) is 18.2 Å². The van der Waals surface area contributed by atoms with Crippen molar-refractivity contribution >= 4 is 40.3 Å². The summed E-state index contributed by atoms with van der Waals surface area (Å²) in [5.74, 6) is 0.797. The number of anilines is 4. The normalized spacial score (nSPS) is 14.1. The third-order valence-corrected chi connectivity index (χ3v) is 6.68. The van der Waals surface area contributed by atoms with E-state index in [0.717, 1.165) is 31.9 Å². The third-order valence-electron chi connectivity index (χ3n) is 6.68. The maximum absolute atomic E-state index is 13.1. The minimum Gasteiger partial charge on any atom is -0.494 e. The standard InChI is InChI=1S/C29H34N8O5/c1-29(2,3)42-28(40)31-18-7-6-8-20(15-18)37-24-22(32-25(38)26(37)39)17-30-27(34-24)33-21-10-9-19(16-23(21)41-5)36-13-11-35(4)12-14-36/h6-10,15-17H,11-14H2,1-5H3,(H,31,40)(H,32,38)(H,30,33,34). The molecule has 3 N–H and O–H groups in total. The van der Waals surface area contributed by atoms with E-state index in [2.05, 4.69) is 42.4 Å². The minimum absolute atomic E-state index is 0.166. The van der Waals surface area contributed by atoms with Crippen LogP contribution in [0.25, 0.3) is 16.9 Å². The molecule has 1 saturated heterocycles. The van der Waals surface area contributed by atoms with Gasteiger partial charge in [-0.3, -0.25) is 19.5 Å². The number of piperazine rings is 1. The van der Waals surface area contributed by atoms with Gasteiger partial charge in [0.1, 0.15) is 16.9 Å². The molecule has 1 aliphatic heterocycles. The first-order valence-corrected chi connectivity index (χ1v) is 13.5. The lowest BCUT2D eigenvalue weighted by Crippen LogP contribution is -2.44. The number of nitrogens with zero attached hydrogens (tertiary/aromatic N) is 5. The fraction of sp³-hybridized carbons (Fsp3) is 0.345. The fourth-order valence-electron chi connectivity index (χ4n) is 4.61. The van der Waals surface area contributed by atoms with Crippen molar-refractivity contribution in [1.29, 1.82) is 0 Å². The monoisotopic (exact) mass is 574 g/mol. The van der Waals surface area contributed by atoms with Crippen LogP contribution in [-0.4, -0.2) is 76.4 Å². The Hall–Kier alpha value is -4.91. The molecular formula is C29H34N8O5. The van der Waals surface area contributed by atoms with Gasteiger partial charge in [-0.2, -0.15) is 4.98 Å². The second kappa shape index (κ2) is 11.5. The van der Waals surface area contributed by atoms with Crippen LogP contribution in [0.2, 0.25) is 0 Å². The smallest absolute Gasteiger partial charge is 0.412 e. The van der Waals surface area contributed by atoms with E-state index < -0.39 is 22.8 Å². The molecule has 0 aliphatic carbocycles. The van der Waals surface area contributed by atoms with Crippen molar-refractivity contribution in [3.63, 3.8) is 0 Å². The molecular weight excluding hydrogens is 540 g/mol. The van der Waals surface area contributed by atoms with E-state index in [-0.39, 0.29) is 17.1 Å². The maximum Gasteiger partial charge on any atom is 0.412 e. The van der Waals surface area contributed by atoms with Crippen LogP contribution in [-0.2, 0) is 4.74 Å². The highest BCUT2D eigenvalue weighted by molar-refractivity contribution is 5.85. The molecule has 42 heavy (non-hydrogen) atoms. The second-order valence-electron chi connectivity index (χ2n) is 11.0. The summed E-state index contributed by atoms with van der Waals surface area (Å²) in [5, 5.41) is 5.82. The van der Waals surface area contributed by atoms with Crippen LogP contribution < -0.4 is 31.4 Å². The summed E-state index contributed by atoms with van der Waals surface area (Å²) in [5.41, 5.74) is 0.452. The van der Waals surface area contributed by atoms with Crippen LogP contribution in [0.4, 0.5) is 27.8 Å². The van der Waals surface area contributed by atoms with E-state index >= 15 is 0 Å². The fourth-order valence-corrected chi connectivity index (χ4v) is 4.61. The van der Waals surface area contributed by atoms with Crippen LogP contribution >= 0.6 is 0 Å². The molecule has 3 heterocycles. The van der Waals surface area contributed by atoms with Gasteiger partial charge < -0.3 is 29.6 Å². The number of amides is 1. The van der Waals surface area contributed by atoms with Crippen molar-refractivity contribution in [2.45, 2.75) is 26.4 Å². The number of benzene rings is 2. The summed E-state index contributed by atoms with van der Waals surface area (Å²) in [6, 6.07) is 12.3. The summed E-state index contributed by atoms with van der Waals surface area (Å²) in [4.78, 5) is 53.9. The van der Waals surface area contributed by atoms with Crippen molar-refractivity contribution in [2.24, 2.45) is 0 Å². The molecule has 1 fully saturated rings. The molecule has 0 radical (unpaired) electrons. The first-order valence-electron chi connectivity index (χ1n) is 13.5. The predicted molar refractivity (Wildman–Crippen MR) is 162 cm³/mol. The molecule has 0 atom stereocenters. The maximum atomic E-state index is 13.1. The number of carbonyl (C=O) groups excluding carboxylic acids is 1. The summed E-state index contributed by atoms with van der Waals surface area (Å²) in [6.45, 7) is 9.08. The lowest BCUT2D eigenvalue weighted by atomic mass is 10.2. The van der Waals surface area contributed by atoms with Gasteiger partial charge in [-0.1, -0.05) is 6.07 Å². The van der Waals surface area contributed by atoms with Crippen LogP contribution in [0.3, 0.4) is 0 Å². The third kappa shape index (κ3) is 6.36. The van der Waals surface area contributed by atoms with Gasteiger partial charge in [0.25, 0.3) is 0 Å². The van der Waals surface area contributed by atoms with Gasteiger partial charge in [0.05, 0.1) is 24.7 Å².